The largest absolute Gasteiger partial charge is 0.346 e. The van der Waals surface area contributed by atoms with Gasteiger partial charge in [-0.15, -0.1) is 0 Å². The van der Waals surface area contributed by atoms with Crippen LogP contribution in [0.1, 0.15) is 55.4 Å². The third kappa shape index (κ3) is 3.05. The summed E-state index contributed by atoms with van der Waals surface area (Å²) in [6, 6.07) is 1.76. The molecule has 0 saturated carbocycles. The zero-order chi connectivity index (χ0) is 15.8. The molecule has 0 aliphatic heterocycles. The van der Waals surface area contributed by atoms with Crippen molar-refractivity contribution in [3.05, 3.63) is 23.0 Å². The number of rotatable bonds is 4. The van der Waals surface area contributed by atoms with Crippen LogP contribution in [0.15, 0.2) is 10.6 Å². The molecule has 2 aromatic rings. The molecule has 0 aliphatic rings. The van der Waals surface area contributed by atoms with Gasteiger partial charge in [-0.05, 0) is 32.8 Å². The van der Waals surface area contributed by atoms with Gasteiger partial charge in [-0.2, -0.15) is 0 Å². The van der Waals surface area contributed by atoms with Crippen LogP contribution in [0, 0.1) is 6.92 Å². The van der Waals surface area contributed by atoms with Gasteiger partial charge in [0, 0.05) is 17.8 Å². The molecule has 0 atom stereocenters. The molecule has 0 unspecified atom stereocenters. The summed E-state index contributed by atoms with van der Waals surface area (Å²) in [6.07, 6.45) is 0. The Bertz CT molecular complexity index is 674. The molecule has 0 spiro atoms. The Balaban J connectivity index is 2.56. The van der Waals surface area contributed by atoms with Crippen LogP contribution in [0.25, 0.3) is 11.1 Å². The van der Waals surface area contributed by atoms with Crippen molar-refractivity contribution < 1.29 is 9.32 Å². The molecular weight excluding hydrogens is 268 g/mol. The number of nitrogens with one attached hydrogen (secondary N) is 1. The summed E-state index contributed by atoms with van der Waals surface area (Å²) in [5.74, 6) is -0.0455. The lowest BCUT2D eigenvalue weighted by Crippen LogP contribution is -2.48. The first kappa shape index (κ1) is 15.4. The van der Waals surface area contributed by atoms with E-state index in [2.05, 4.69) is 15.5 Å². The Morgan fingerprint density at radius 3 is 2.71 bits per heavy atom. The average molecular weight is 290 g/mol. The maximum Gasteiger partial charge on any atom is 0.259 e. The molecule has 0 fully saturated rings. The number of carbonyl (C=O) groups is 1. The zero-order valence-electron chi connectivity index (χ0n) is 13.2. The second-order valence-corrected chi connectivity index (χ2v) is 6.26. The van der Waals surface area contributed by atoms with E-state index < -0.39 is 5.54 Å². The van der Waals surface area contributed by atoms with E-state index in [1.165, 1.54) is 0 Å². The van der Waals surface area contributed by atoms with Crippen molar-refractivity contribution in [2.24, 2.45) is 5.73 Å². The summed E-state index contributed by atoms with van der Waals surface area (Å²) in [5, 5.41) is 7.67. The molecule has 114 valence electrons. The SMILES string of the molecule is Cc1cc(C(=O)NC(C)(C)CN)c2c(C(C)C)noc2n1. The summed E-state index contributed by atoms with van der Waals surface area (Å²) in [6.45, 7) is 9.94. The highest BCUT2D eigenvalue weighted by Gasteiger charge is 2.25. The van der Waals surface area contributed by atoms with Crippen LogP contribution in [-0.4, -0.2) is 28.1 Å². The second-order valence-electron chi connectivity index (χ2n) is 6.26. The third-order valence-electron chi connectivity index (χ3n) is 3.35. The van der Waals surface area contributed by atoms with E-state index in [4.69, 9.17) is 10.3 Å². The molecule has 1 amide bonds. The van der Waals surface area contributed by atoms with Crippen molar-refractivity contribution in [2.75, 3.05) is 6.54 Å². The molecule has 0 bridgehead atoms. The summed E-state index contributed by atoms with van der Waals surface area (Å²) < 4.78 is 5.27. The number of amides is 1. The number of fused-ring (bicyclic) bond motifs is 1. The molecule has 21 heavy (non-hydrogen) atoms. The van der Waals surface area contributed by atoms with Crippen molar-refractivity contribution in [3.8, 4) is 0 Å². The first-order valence-corrected chi connectivity index (χ1v) is 7.04. The van der Waals surface area contributed by atoms with E-state index in [-0.39, 0.29) is 11.8 Å². The summed E-state index contributed by atoms with van der Waals surface area (Å²) in [7, 11) is 0. The van der Waals surface area contributed by atoms with Gasteiger partial charge < -0.3 is 15.6 Å². The van der Waals surface area contributed by atoms with Gasteiger partial charge >= 0.3 is 0 Å². The van der Waals surface area contributed by atoms with Crippen LogP contribution < -0.4 is 11.1 Å². The van der Waals surface area contributed by atoms with E-state index in [0.29, 0.717) is 28.9 Å². The minimum atomic E-state index is -0.476. The van der Waals surface area contributed by atoms with E-state index in [9.17, 15) is 4.79 Å². The number of nitrogens with zero attached hydrogens (tertiary/aromatic N) is 2. The third-order valence-corrected chi connectivity index (χ3v) is 3.35. The van der Waals surface area contributed by atoms with Gasteiger partial charge in [-0.25, -0.2) is 4.98 Å². The van der Waals surface area contributed by atoms with Crippen LogP contribution in [0.4, 0.5) is 0 Å². The number of pyridine rings is 1. The van der Waals surface area contributed by atoms with Crippen LogP contribution >= 0.6 is 0 Å². The highest BCUT2D eigenvalue weighted by Crippen LogP contribution is 2.27. The van der Waals surface area contributed by atoms with E-state index >= 15 is 0 Å². The Hall–Kier alpha value is -1.95. The molecule has 0 aliphatic carbocycles. The molecule has 0 saturated heterocycles. The maximum atomic E-state index is 12.6. The monoisotopic (exact) mass is 290 g/mol. The van der Waals surface area contributed by atoms with Crippen molar-refractivity contribution in [1.82, 2.24) is 15.5 Å². The number of aromatic nitrogens is 2. The Kier molecular flexibility index (Phi) is 4.00. The van der Waals surface area contributed by atoms with Crippen LogP contribution in [0.5, 0.6) is 0 Å². The number of nitrogens with two attached hydrogens (primary N) is 1. The van der Waals surface area contributed by atoms with E-state index in [1.54, 1.807) is 6.07 Å². The first-order chi connectivity index (χ1) is 9.75. The predicted molar refractivity (Wildman–Crippen MR) is 81.2 cm³/mol. The second kappa shape index (κ2) is 5.44. The predicted octanol–water partition coefficient (Wildman–Crippen LogP) is 2.12. The van der Waals surface area contributed by atoms with Crippen molar-refractivity contribution in [3.63, 3.8) is 0 Å². The fourth-order valence-electron chi connectivity index (χ4n) is 2.10. The Morgan fingerprint density at radius 2 is 2.14 bits per heavy atom. The molecule has 6 heteroatoms. The number of hydrogen-bond donors (Lipinski definition) is 2. The lowest BCUT2D eigenvalue weighted by Gasteiger charge is -2.24. The van der Waals surface area contributed by atoms with Crippen LogP contribution in [-0.2, 0) is 0 Å². The summed E-state index contributed by atoms with van der Waals surface area (Å²) in [4.78, 5) is 16.9. The Labute approximate surface area is 124 Å². The first-order valence-electron chi connectivity index (χ1n) is 7.04. The smallest absolute Gasteiger partial charge is 0.259 e. The van der Waals surface area contributed by atoms with Crippen molar-refractivity contribution in [2.45, 2.75) is 46.1 Å². The molecule has 2 aromatic heterocycles. The minimum Gasteiger partial charge on any atom is -0.346 e. The van der Waals surface area contributed by atoms with Crippen LogP contribution in [0.2, 0.25) is 0 Å². The lowest BCUT2D eigenvalue weighted by atomic mass is 10.0. The minimum absolute atomic E-state index is 0.143. The number of aryl methyl sites for hydroxylation is 1. The van der Waals surface area contributed by atoms with Gasteiger partial charge in [0.15, 0.2) is 0 Å². The number of carbonyl (C=O) groups excluding carboxylic acids is 1. The molecule has 2 rings (SSSR count). The quantitative estimate of drug-likeness (QED) is 0.899. The molecular formula is C15H22N4O2. The topological polar surface area (TPSA) is 94.0 Å². The summed E-state index contributed by atoms with van der Waals surface area (Å²) >= 11 is 0. The zero-order valence-corrected chi connectivity index (χ0v) is 13.2. The standard InChI is InChI=1S/C15H22N4O2/c1-8(2)12-11-10(13(20)18-15(4,5)7-16)6-9(3)17-14(11)21-19-12/h6,8H,7,16H2,1-5H3,(H,18,20). The van der Waals surface area contributed by atoms with E-state index in [0.717, 1.165) is 5.69 Å². The van der Waals surface area contributed by atoms with Gasteiger partial charge in [-0.1, -0.05) is 19.0 Å². The lowest BCUT2D eigenvalue weighted by molar-refractivity contribution is 0.0917. The van der Waals surface area contributed by atoms with Gasteiger partial charge in [0.1, 0.15) is 0 Å². The van der Waals surface area contributed by atoms with Gasteiger partial charge in [0.25, 0.3) is 11.6 Å². The van der Waals surface area contributed by atoms with Gasteiger partial charge in [0.05, 0.1) is 16.6 Å². The number of hydrogen-bond acceptors (Lipinski definition) is 5. The highest BCUT2D eigenvalue weighted by atomic mass is 16.5. The highest BCUT2D eigenvalue weighted by molar-refractivity contribution is 6.06. The molecule has 2 heterocycles. The summed E-state index contributed by atoms with van der Waals surface area (Å²) in [5.41, 5.74) is 7.58. The van der Waals surface area contributed by atoms with E-state index in [1.807, 2.05) is 34.6 Å². The fourth-order valence-corrected chi connectivity index (χ4v) is 2.10. The van der Waals surface area contributed by atoms with Gasteiger partial charge in [-0.3, -0.25) is 4.79 Å². The fraction of sp³-hybridized carbons (Fsp3) is 0.533. The Morgan fingerprint density at radius 1 is 1.48 bits per heavy atom. The molecule has 0 aromatic carbocycles. The molecule has 3 N–H and O–H groups in total. The van der Waals surface area contributed by atoms with Crippen molar-refractivity contribution in [1.29, 1.82) is 0 Å². The molecule has 0 radical (unpaired) electrons. The van der Waals surface area contributed by atoms with Crippen molar-refractivity contribution >= 4 is 17.0 Å². The average Bonchev–Trinajstić information content (AvgIpc) is 2.80. The maximum absolute atomic E-state index is 12.6. The van der Waals surface area contributed by atoms with Gasteiger partial charge in [0.2, 0.25) is 0 Å². The molecule has 6 nitrogen and oxygen atoms in total. The van der Waals surface area contributed by atoms with Crippen LogP contribution in [0.3, 0.4) is 0 Å². The normalized spacial score (nSPS) is 12.1.